The third-order valence-electron chi connectivity index (χ3n) is 4.43. The van der Waals surface area contributed by atoms with Crippen LogP contribution in [0.15, 0.2) is 58.8 Å². The fourth-order valence-corrected chi connectivity index (χ4v) is 3.77. The van der Waals surface area contributed by atoms with Crippen molar-refractivity contribution < 1.29 is 9.21 Å². The van der Waals surface area contributed by atoms with Crippen LogP contribution >= 0.6 is 11.8 Å². The molecule has 3 aromatic rings. The zero-order valence-electron chi connectivity index (χ0n) is 15.8. The number of benzene rings is 1. The Labute approximate surface area is 163 Å². The van der Waals surface area contributed by atoms with Crippen molar-refractivity contribution in [3.8, 4) is 11.4 Å². The Morgan fingerprint density at radius 2 is 2.04 bits per heavy atom. The van der Waals surface area contributed by atoms with E-state index in [1.54, 1.807) is 12.3 Å². The quantitative estimate of drug-likeness (QED) is 0.314. The lowest BCUT2D eigenvalue weighted by molar-refractivity contribution is 0.0994. The van der Waals surface area contributed by atoms with E-state index in [0.717, 1.165) is 23.6 Å². The van der Waals surface area contributed by atoms with E-state index in [1.807, 2.05) is 48.7 Å². The smallest absolute Gasteiger partial charge is 0.192 e. The summed E-state index contributed by atoms with van der Waals surface area (Å²) in [6.45, 7) is 10.3. The molecule has 0 spiro atoms. The summed E-state index contributed by atoms with van der Waals surface area (Å²) >= 11 is 1.41. The lowest BCUT2D eigenvalue weighted by atomic mass is 10.1. The molecule has 0 amide bonds. The number of carbonyl (C=O) groups excluding carboxylic acids is 1. The summed E-state index contributed by atoms with van der Waals surface area (Å²) in [4.78, 5) is 12.8. The van der Waals surface area contributed by atoms with E-state index in [1.165, 1.54) is 17.3 Å². The van der Waals surface area contributed by atoms with Crippen LogP contribution in [-0.2, 0) is 13.0 Å². The fraction of sp³-hybridized carbons (Fsp3) is 0.286. The maximum atomic E-state index is 12.8. The van der Waals surface area contributed by atoms with E-state index in [2.05, 4.69) is 23.7 Å². The number of rotatable bonds is 8. The number of Topliss-reactive ketones (excluding diaryl/α,β-unsaturated/α-hetero) is 1. The molecule has 1 aromatic carbocycles. The van der Waals surface area contributed by atoms with Gasteiger partial charge in [-0.2, -0.15) is 0 Å². The predicted octanol–water partition coefficient (Wildman–Crippen LogP) is 4.96. The summed E-state index contributed by atoms with van der Waals surface area (Å²) in [7, 11) is 0. The summed E-state index contributed by atoms with van der Waals surface area (Å²) in [5.74, 6) is 1.58. The van der Waals surface area contributed by atoms with Gasteiger partial charge in [0.2, 0.25) is 0 Å². The van der Waals surface area contributed by atoms with E-state index >= 15 is 0 Å². The number of aromatic nitrogens is 3. The molecule has 5 nitrogen and oxygen atoms in total. The second-order valence-electron chi connectivity index (χ2n) is 6.27. The Morgan fingerprint density at radius 1 is 1.30 bits per heavy atom. The van der Waals surface area contributed by atoms with Crippen LogP contribution in [0.2, 0.25) is 0 Å². The third-order valence-corrected chi connectivity index (χ3v) is 5.51. The summed E-state index contributed by atoms with van der Waals surface area (Å²) in [5.41, 5.74) is 2.83. The largest absolute Gasteiger partial charge is 0.469 e. The normalized spacial score (nSPS) is 12.1. The maximum absolute atomic E-state index is 12.8. The van der Waals surface area contributed by atoms with Crippen molar-refractivity contribution in [2.45, 2.75) is 44.1 Å². The predicted molar refractivity (Wildman–Crippen MR) is 108 cm³/mol. The average Bonchev–Trinajstić information content (AvgIpc) is 3.27. The minimum atomic E-state index is -0.275. The lowest BCUT2D eigenvalue weighted by Gasteiger charge is -2.12. The topological polar surface area (TPSA) is 60.9 Å². The Hall–Kier alpha value is -2.60. The zero-order valence-corrected chi connectivity index (χ0v) is 16.6. The van der Waals surface area contributed by atoms with Gasteiger partial charge in [0.25, 0.3) is 0 Å². The van der Waals surface area contributed by atoms with E-state index in [9.17, 15) is 4.79 Å². The fourth-order valence-electron chi connectivity index (χ4n) is 2.84. The molecular weight excluding hydrogens is 358 g/mol. The first-order valence-corrected chi connectivity index (χ1v) is 9.81. The highest BCUT2D eigenvalue weighted by molar-refractivity contribution is 8.00. The molecule has 27 heavy (non-hydrogen) atoms. The first kappa shape index (κ1) is 19.2. The van der Waals surface area contributed by atoms with Crippen molar-refractivity contribution >= 4 is 17.5 Å². The van der Waals surface area contributed by atoms with Gasteiger partial charge in [-0.1, -0.05) is 49.0 Å². The van der Waals surface area contributed by atoms with Crippen molar-refractivity contribution in [3.05, 3.63) is 66.1 Å². The van der Waals surface area contributed by atoms with Gasteiger partial charge in [0.15, 0.2) is 16.8 Å². The molecule has 140 valence electrons. The molecule has 1 unspecified atom stereocenters. The van der Waals surface area contributed by atoms with Crippen LogP contribution < -0.4 is 0 Å². The van der Waals surface area contributed by atoms with Crippen LogP contribution in [0.3, 0.4) is 0 Å². The van der Waals surface area contributed by atoms with E-state index < -0.39 is 0 Å². The van der Waals surface area contributed by atoms with Crippen LogP contribution in [0.4, 0.5) is 0 Å². The second-order valence-corrected chi connectivity index (χ2v) is 7.58. The molecule has 0 radical (unpaired) electrons. The second kappa shape index (κ2) is 8.39. The van der Waals surface area contributed by atoms with Crippen LogP contribution in [0, 0.1) is 6.92 Å². The molecule has 0 bridgehead atoms. The molecule has 1 atom stereocenters. The highest BCUT2D eigenvalue weighted by atomic mass is 32.2. The number of hydrogen-bond acceptors (Lipinski definition) is 5. The summed E-state index contributed by atoms with van der Waals surface area (Å²) in [6, 6.07) is 9.67. The SMILES string of the molecule is C=CCn1c(SC(C)C(=O)c2ccc(CC)cc2)nnc1-c1ccoc1C. The molecule has 2 heterocycles. The Bertz CT molecular complexity index is 941. The molecule has 0 aliphatic heterocycles. The maximum Gasteiger partial charge on any atom is 0.192 e. The van der Waals surface area contributed by atoms with Gasteiger partial charge in [-0.05, 0) is 31.9 Å². The van der Waals surface area contributed by atoms with Crippen molar-refractivity contribution in [1.29, 1.82) is 0 Å². The minimum absolute atomic E-state index is 0.0804. The Balaban J connectivity index is 1.83. The standard InChI is InChI=1S/C21H23N3O2S/c1-5-12-24-20(18-11-13-26-14(18)3)22-23-21(24)27-15(4)19(25)17-9-7-16(6-2)8-10-17/h5,7-11,13,15H,1,6,12H2,2-4H3. The molecule has 0 N–H and O–H groups in total. The molecule has 0 aliphatic carbocycles. The Morgan fingerprint density at radius 3 is 2.63 bits per heavy atom. The van der Waals surface area contributed by atoms with Crippen molar-refractivity contribution in [1.82, 2.24) is 14.8 Å². The van der Waals surface area contributed by atoms with Crippen molar-refractivity contribution in [2.24, 2.45) is 0 Å². The molecular formula is C21H23N3O2S. The van der Waals surface area contributed by atoms with Gasteiger partial charge in [-0.3, -0.25) is 9.36 Å². The van der Waals surface area contributed by atoms with Crippen molar-refractivity contribution in [3.63, 3.8) is 0 Å². The van der Waals surface area contributed by atoms with Gasteiger partial charge in [0, 0.05) is 12.1 Å². The third kappa shape index (κ3) is 4.06. The van der Waals surface area contributed by atoms with Gasteiger partial charge >= 0.3 is 0 Å². The van der Waals surface area contributed by atoms with Gasteiger partial charge < -0.3 is 4.42 Å². The highest BCUT2D eigenvalue weighted by Gasteiger charge is 2.22. The number of nitrogens with zero attached hydrogens (tertiary/aromatic N) is 3. The molecule has 0 fully saturated rings. The number of carbonyl (C=O) groups is 1. The molecule has 0 aliphatic rings. The van der Waals surface area contributed by atoms with Gasteiger partial charge in [-0.15, -0.1) is 16.8 Å². The first-order valence-electron chi connectivity index (χ1n) is 8.93. The van der Waals surface area contributed by atoms with Crippen LogP contribution in [-0.4, -0.2) is 25.8 Å². The monoisotopic (exact) mass is 381 g/mol. The summed E-state index contributed by atoms with van der Waals surface area (Å²) in [6.07, 6.45) is 4.39. The zero-order chi connectivity index (χ0) is 19.4. The van der Waals surface area contributed by atoms with Crippen LogP contribution in [0.5, 0.6) is 0 Å². The number of thioether (sulfide) groups is 1. The minimum Gasteiger partial charge on any atom is -0.469 e. The number of ketones is 1. The number of hydrogen-bond donors (Lipinski definition) is 0. The van der Waals surface area contributed by atoms with Gasteiger partial charge in [0.1, 0.15) is 5.76 Å². The van der Waals surface area contributed by atoms with Crippen LogP contribution in [0.25, 0.3) is 11.4 Å². The van der Waals surface area contributed by atoms with E-state index in [4.69, 9.17) is 4.42 Å². The summed E-state index contributed by atoms with van der Waals surface area (Å²) in [5, 5.41) is 9.05. The molecule has 0 saturated carbocycles. The molecule has 3 rings (SSSR count). The van der Waals surface area contributed by atoms with Gasteiger partial charge in [-0.25, -0.2) is 0 Å². The van der Waals surface area contributed by atoms with E-state index in [0.29, 0.717) is 17.3 Å². The molecule has 6 heteroatoms. The molecule has 0 saturated heterocycles. The molecule has 2 aromatic heterocycles. The lowest BCUT2D eigenvalue weighted by Crippen LogP contribution is -2.15. The number of furan rings is 1. The number of allylic oxidation sites excluding steroid dienone is 1. The first-order chi connectivity index (χ1) is 13.0. The van der Waals surface area contributed by atoms with Crippen molar-refractivity contribution in [2.75, 3.05) is 0 Å². The van der Waals surface area contributed by atoms with E-state index in [-0.39, 0.29) is 11.0 Å². The Kier molecular flexibility index (Phi) is 5.96. The van der Waals surface area contributed by atoms with Crippen LogP contribution in [0.1, 0.15) is 35.5 Å². The van der Waals surface area contributed by atoms with Gasteiger partial charge in [0.05, 0.1) is 17.1 Å². The summed E-state index contributed by atoms with van der Waals surface area (Å²) < 4.78 is 7.35. The number of aryl methyl sites for hydroxylation is 2. The highest BCUT2D eigenvalue weighted by Crippen LogP contribution is 2.30. The average molecular weight is 382 g/mol.